The quantitative estimate of drug-likeness (QED) is 0.792. The minimum atomic E-state index is -0.259. The number of piperidine rings is 1. The fourth-order valence-corrected chi connectivity index (χ4v) is 4.24. The maximum Gasteiger partial charge on any atom is 0.410 e. The van der Waals surface area contributed by atoms with Gasteiger partial charge in [0.1, 0.15) is 12.3 Å². The number of fused-ring (bicyclic) bond motifs is 2. The first-order valence-corrected chi connectivity index (χ1v) is 9.14. The van der Waals surface area contributed by atoms with E-state index in [0.717, 1.165) is 18.4 Å². The predicted octanol–water partition coefficient (Wildman–Crippen LogP) is 3.18. The second-order valence-electron chi connectivity index (χ2n) is 7.24. The van der Waals surface area contributed by atoms with E-state index in [2.05, 4.69) is 5.10 Å². The lowest BCUT2D eigenvalue weighted by molar-refractivity contribution is 0.0483. The molecule has 26 heavy (non-hydrogen) atoms. The van der Waals surface area contributed by atoms with E-state index in [1.165, 1.54) is 0 Å². The highest BCUT2D eigenvalue weighted by Crippen LogP contribution is 2.40. The van der Waals surface area contributed by atoms with Crippen molar-refractivity contribution >= 4 is 11.9 Å². The number of Topliss-reactive ketones (excluding diaryl/α,β-unsaturated/α-hetero) is 1. The molecule has 0 saturated carbocycles. The maximum atomic E-state index is 12.7. The average Bonchev–Trinajstić information content (AvgIpc) is 3.20. The second-order valence-corrected chi connectivity index (χ2v) is 7.24. The zero-order valence-corrected chi connectivity index (χ0v) is 14.9. The van der Waals surface area contributed by atoms with Gasteiger partial charge in [-0.3, -0.25) is 9.48 Å². The smallest absolute Gasteiger partial charge is 0.410 e. The van der Waals surface area contributed by atoms with Crippen LogP contribution in [-0.4, -0.2) is 38.6 Å². The fraction of sp³-hybridized carbons (Fsp3) is 0.450. The van der Waals surface area contributed by atoms with Crippen LogP contribution >= 0.6 is 0 Å². The molecule has 0 spiro atoms. The number of hydrogen-bond donors (Lipinski definition) is 0. The van der Waals surface area contributed by atoms with Gasteiger partial charge in [-0.05, 0) is 37.3 Å². The third-order valence-corrected chi connectivity index (χ3v) is 5.49. The molecule has 136 valence electrons. The summed E-state index contributed by atoms with van der Waals surface area (Å²) in [7, 11) is 1.81. The van der Waals surface area contributed by atoms with Crippen LogP contribution in [0.1, 0.15) is 41.7 Å². The highest BCUT2D eigenvalue weighted by Gasteiger charge is 2.46. The van der Waals surface area contributed by atoms with E-state index in [4.69, 9.17) is 4.74 Å². The van der Waals surface area contributed by atoms with Gasteiger partial charge in [0.2, 0.25) is 0 Å². The Kier molecular flexibility index (Phi) is 4.49. The summed E-state index contributed by atoms with van der Waals surface area (Å²) in [6, 6.07) is 11.6. The number of ether oxygens (including phenoxy) is 1. The highest BCUT2D eigenvalue weighted by atomic mass is 16.6. The van der Waals surface area contributed by atoms with E-state index in [-0.39, 0.29) is 36.5 Å². The molecule has 2 aromatic rings. The zero-order chi connectivity index (χ0) is 18.1. The fourth-order valence-electron chi connectivity index (χ4n) is 4.24. The molecule has 0 N–H and O–H groups in total. The number of rotatable bonds is 4. The third kappa shape index (κ3) is 3.23. The summed E-state index contributed by atoms with van der Waals surface area (Å²) in [6.45, 7) is 0.284. The van der Waals surface area contributed by atoms with E-state index in [0.29, 0.717) is 18.5 Å². The number of ketones is 1. The molecule has 2 saturated heterocycles. The predicted molar refractivity (Wildman–Crippen MR) is 95.5 cm³/mol. The van der Waals surface area contributed by atoms with Crippen molar-refractivity contribution < 1.29 is 14.3 Å². The molecule has 2 fully saturated rings. The van der Waals surface area contributed by atoms with Crippen LogP contribution in [0.15, 0.2) is 42.6 Å². The van der Waals surface area contributed by atoms with Gasteiger partial charge in [0.15, 0.2) is 5.78 Å². The topological polar surface area (TPSA) is 64.4 Å². The molecule has 2 bridgehead atoms. The van der Waals surface area contributed by atoms with Crippen molar-refractivity contribution in [1.82, 2.24) is 14.7 Å². The Labute approximate surface area is 152 Å². The number of aryl methyl sites for hydroxylation is 1. The Bertz CT molecular complexity index is 788. The summed E-state index contributed by atoms with van der Waals surface area (Å²) in [5.74, 6) is 0.0420. The van der Waals surface area contributed by atoms with Gasteiger partial charge in [0, 0.05) is 31.2 Å². The van der Waals surface area contributed by atoms with Crippen LogP contribution < -0.4 is 0 Å². The zero-order valence-electron chi connectivity index (χ0n) is 14.9. The second kappa shape index (κ2) is 6.94. The molecule has 6 heteroatoms. The molecule has 1 aromatic heterocycles. The normalized spacial score (nSPS) is 24.5. The lowest BCUT2D eigenvalue weighted by atomic mass is 9.86. The summed E-state index contributed by atoms with van der Waals surface area (Å²) in [5, 5.41) is 4.24. The number of benzene rings is 1. The summed E-state index contributed by atoms with van der Waals surface area (Å²) < 4.78 is 7.17. The average molecular weight is 353 g/mol. The molecule has 3 heterocycles. The molecule has 2 aliphatic heterocycles. The van der Waals surface area contributed by atoms with Gasteiger partial charge in [-0.1, -0.05) is 30.3 Å². The Balaban J connectivity index is 1.39. The van der Waals surface area contributed by atoms with Gasteiger partial charge in [-0.25, -0.2) is 4.79 Å². The number of carbonyl (C=O) groups is 2. The molecule has 2 atom stereocenters. The van der Waals surface area contributed by atoms with Crippen molar-refractivity contribution in [3.8, 4) is 0 Å². The van der Waals surface area contributed by atoms with E-state index in [1.54, 1.807) is 16.9 Å². The third-order valence-electron chi connectivity index (χ3n) is 5.49. The molecular weight excluding hydrogens is 330 g/mol. The van der Waals surface area contributed by atoms with Crippen LogP contribution in [0.25, 0.3) is 0 Å². The largest absolute Gasteiger partial charge is 0.445 e. The van der Waals surface area contributed by atoms with Crippen LogP contribution in [0.4, 0.5) is 4.79 Å². The first-order chi connectivity index (χ1) is 12.6. The van der Waals surface area contributed by atoms with Crippen molar-refractivity contribution in [2.24, 2.45) is 13.0 Å². The molecule has 1 amide bonds. The number of nitrogens with zero attached hydrogens (tertiary/aromatic N) is 3. The van der Waals surface area contributed by atoms with Gasteiger partial charge in [-0.15, -0.1) is 0 Å². The van der Waals surface area contributed by atoms with Crippen molar-refractivity contribution in [2.45, 2.75) is 44.4 Å². The van der Waals surface area contributed by atoms with Crippen molar-refractivity contribution in [3.05, 3.63) is 53.9 Å². The van der Waals surface area contributed by atoms with Crippen LogP contribution in [0.2, 0.25) is 0 Å². The molecule has 2 unspecified atom stereocenters. The van der Waals surface area contributed by atoms with Crippen LogP contribution in [0.5, 0.6) is 0 Å². The molecule has 4 rings (SSSR count). The van der Waals surface area contributed by atoms with Gasteiger partial charge in [0.05, 0.1) is 0 Å². The minimum Gasteiger partial charge on any atom is -0.445 e. The summed E-state index contributed by atoms with van der Waals surface area (Å²) in [5.41, 5.74) is 1.51. The molecular formula is C20H23N3O3. The number of carbonyl (C=O) groups excluding carboxylic acids is 2. The van der Waals surface area contributed by atoms with Crippen molar-refractivity contribution in [1.29, 1.82) is 0 Å². The Morgan fingerprint density at radius 3 is 2.42 bits per heavy atom. The van der Waals surface area contributed by atoms with Gasteiger partial charge >= 0.3 is 6.09 Å². The van der Waals surface area contributed by atoms with Crippen LogP contribution in [-0.2, 0) is 18.4 Å². The monoisotopic (exact) mass is 353 g/mol. The number of amides is 1. The van der Waals surface area contributed by atoms with Gasteiger partial charge in [-0.2, -0.15) is 5.10 Å². The van der Waals surface area contributed by atoms with E-state index >= 15 is 0 Å². The Morgan fingerprint density at radius 2 is 1.81 bits per heavy atom. The SMILES string of the molecule is Cn1ccc(C(=O)C2CC3CCC(C2)N3C(=O)OCc2ccccc2)n1. The van der Waals surface area contributed by atoms with E-state index in [9.17, 15) is 9.59 Å². The first kappa shape index (κ1) is 16.8. The number of hydrogen-bond acceptors (Lipinski definition) is 4. The van der Waals surface area contributed by atoms with Crippen molar-refractivity contribution in [2.75, 3.05) is 0 Å². The standard InChI is InChI=1S/C20H23N3O3/c1-22-10-9-18(21-22)19(24)15-11-16-7-8-17(12-15)23(16)20(25)26-13-14-5-3-2-4-6-14/h2-6,9-10,15-17H,7-8,11-13H2,1H3. The molecule has 6 nitrogen and oxygen atoms in total. The summed E-state index contributed by atoms with van der Waals surface area (Å²) in [4.78, 5) is 27.2. The van der Waals surface area contributed by atoms with Gasteiger partial charge < -0.3 is 9.64 Å². The lowest BCUT2D eigenvalue weighted by Crippen LogP contribution is -2.48. The van der Waals surface area contributed by atoms with Crippen molar-refractivity contribution in [3.63, 3.8) is 0 Å². The first-order valence-electron chi connectivity index (χ1n) is 9.14. The molecule has 0 aliphatic carbocycles. The molecule has 2 aliphatic rings. The minimum absolute atomic E-state index is 0.0550. The van der Waals surface area contributed by atoms with E-state index in [1.807, 2.05) is 42.3 Å². The highest BCUT2D eigenvalue weighted by molar-refractivity contribution is 5.96. The van der Waals surface area contributed by atoms with Crippen LogP contribution in [0, 0.1) is 5.92 Å². The molecule has 1 aromatic carbocycles. The summed E-state index contributed by atoms with van der Waals surface area (Å²) in [6.07, 6.45) is 4.82. The maximum absolute atomic E-state index is 12.7. The lowest BCUT2D eigenvalue weighted by Gasteiger charge is -2.37. The van der Waals surface area contributed by atoms with Crippen LogP contribution in [0.3, 0.4) is 0 Å². The number of aromatic nitrogens is 2. The van der Waals surface area contributed by atoms with E-state index < -0.39 is 0 Å². The summed E-state index contributed by atoms with van der Waals surface area (Å²) >= 11 is 0. The molecule has 0 radical (unpaired) electrons. The Hall–Kier alpha value is -2.63. The Morgan fingerprint density at radius 1 is 1.12 bits per heavy atom. The van der Waals surface area contributed by atoms with Gasteiger partial charge in [0.25, 0.3) is 0 Å².